The Morgan fingerprint density at radius 1 is 1.10 bits per heavy atom. The minimum atomic E-state index is -3.27. The van der Waals surface area contributed by atoms with Crippen LogP contribution in [0.15, 0.2) is 53.4 Å². The van der Waals surface area contributed by atoms with E-state index in [-0.39, 0.29) is 22.7 Å². The maximum Gasteiger partial charge on any atom is 0.272 e. The summed E-state index contributed by atoms with van der Waals surface area (Å²) in [5.74, 6) is -0.607. The lowest BCUT2D eigenvalue weighted by Crippen LogP contribution is -2.28. The second-order valence-corrected chi connectivity index (χ2v) is 9.57. The summed E-state index contributed by atoms with van der Waals surface area (Å²) in [6, 6.07) is 12.2. The van der Waals surface area contributed by atoms with Crippen molar-refractivity contribution in [2.24, 2.45) is 0 Å². The van der Waals surface area contributed by atoms with Crippen LogP contribution < -0.4 is 5.32 Å². The molecular weight excluding hydrogens is 405 g/mol. The lowest BCUT2D eigenvalue weighted by Gasteiger charge is -2.14. The van der Waals surface area contributed by atoms with Gasteiger partial charge in [-0.1, -0.05) is 12.1 Å². The molecule has 30 heavy (non-hydrogen) atoms. The normalized spacial score (nSPS) is 14.4. The molecule has 0 spiro atoms. The van der Waals surface area contributed by atoms with Crippen LogP contribution >= 0.6 is 0 Å². The number of amides is 1. The van der Waals surface area contributed by atoms with E-state index < -0.39 is 9.84 Å². The Bertz CT molecular complexity index is 1200. The number of sulfone groups is 1. The molecule has 1 aliphatic carbocycles. The van der Waals surface area contributed by atoms with Crippen LogP contribution in [-0.2, 0) is 22.7 Å². The van der Waals surface area contributed by atoms with Crippen molar-refractivity contribution in [3.63, 3.8) is 0 Å². The van der Waals surface area contributed by atoms with Gasteiger partial charge in [0.15, 0.2) is 15.5 Å². The minimum absolute atomic E-state index is 0.237. The number of carbonyl (C=O) groups is 1. The zero-order chi connectivity index (χ0) is 21.5. The fraction of sp³-hybridized carbons (Fsp3) is 0.273. The highest BCUT2D eigenvalue weighted by Gasteiger charge is 2.27. The Morgan fingerprint density at radius 3 is 2.40 bits per heavy atom. The Kier molecular flexibility index (Phi) is 5.19. The number of aromatic nitrogens is 2. The highest BCUT2D eigenvalue weighted by molar-refractivity contribution is 7.90. The molecule has 1 atom stereocenters. The van der Waals surface area contributed by atoms with Gasteiger partial charge in [0, 0.05) is 17.5 Å². The van der Waals surface area contributed by atoms with E-state index in [1.165, 1.54) is 24.3 Å². The van der Waals surface area contributed by atoms with E-state index in [2.05, 4.69) is 10.4 Å². The molecule has 1 heterocycles. The standard InChI is InChI=1S/C22H22FN3O3S/c1-14(15-6-12-18(13-7-15)30(2,28)29)24-22(27)21-19-4-3-5-20(19)26(25-21)17-10-8-16(23)9-11-17/h6-14H,3-5H2,1-2H3,(H,24,27). The summed E-state index contributed by atoms with van der Waals surface area (Å²) in [5, 5.41) is 7.48. The van der Waals surface area contributed by atoms with Crippen LogP contribution in [0.4, 0.5) is 4.39 Å². The first kappa shape index (κ1) is 20.3. The first-order valence-electron chi connectivity index (χ1n) is 9.71. The van der Waals surface area contributed by atoms with Gasteiger partial charge in [0.05, 0.1) is 16.6 Å². The van der Waals surface area contributed by atoms with E-state index in [1.54, 1.807) is 28.9 Å². The van der Waals surface area contributed by atoms with E-state index in [9.17, 15) is 17.6 Å². The highest BCUT2D eigenvalue weighted by Crippen LogP contribution is 2.28. The number of nitrogens with zero attached hydrogens (tertiary/aromatic N) is 2. The van der Waals surface area contributed by atoms with Gasteiger partial charge in [0.1, 0.15) is 5.82 Å². The van der Waals surface area contributed by atoms with Crippen LogP contribution in [0.3, 0.4) is 0 Å². The first-order chi connectivity index (χ1) is 14.2. The van der Waals surface area contributed by atoms with Crippen LogP contribution in [0, 0.1) is 5.82 Å². The summed E-state index contributed by atoms with van der Waals surface area (Å²) < 4.78 is 38.2. The van der Waals surface area contributed by atoms with Gasteiger partial charge in [-0.15, -0.1) is 0 Å². The van der Waals surface area contributed by atoms with Crippen LogP contribution in [0.2, 0.25) is 0 Å². The molecule has 0 aliphatic heterocycles. The van der Waals surface area contributed by atoms with E-state index >= 15 is 0 Å². The van der Waals surface area contributed by atoms with Gasteiger partial charge in [0.2, 0.25) is 0 Å². The van der Waals surface area contributed by atoms with Crippen molar-refractivity contribution in [3.8, 4) is 5.69 Å². The summed E-state index contributed by atoms with van der Waals surface area (Å²) in [6.45, 7) is 1.84. The van der Waals surface area contributed by atoms with Crippen LogP contribution in [-0.4, -0.2) is 30.4 Å². The van der Waals surface area contributed by atoms with E-state index in [1.807, 2.05) is 6.92 Å². The van der Waals surface area contributed by atoms with Crippen LogP contribution in [0.5, 0.6) is 0 Å². The van der Waals surface area contributed by atoms with Gasteiger partial charge in [-0.3, -0.25) is 4.79 Å². The molecule has 156 valence electrons. The third-order valence-corrected chi connectivity index (χ3v) is 6.50. The van der Waals surface area contributed by atoms with Gasteiger partial charge in [-0.05, 0) is 68.1 Å². The minimum Gasteiger partial charge on any atom is -0.344 e. The third kappa shape index (κ3) is 3.87. The molecule has 0 bridgehead atoms. The van der Waals surface area contributed by atoms with Gasteiger partial charge < -0.3 is 5.32 Å². The smallest absolute Gasteiger partial charge is 0.272 e. The number of halogens is 1. The molecule has 2 aromatic carbocycles. The van der Waals surface area contributed by atoms with Crippen molar-refractivity contribution in [1.29, 1.82) is 0 Å². The fourth-order valence-electron chi connectivity index (χ4n) is 3.77. The van der Waals surface area contributed by atoms with Gasteiger partial charge >= 0.3 is 0 Å². The number of hydrogen-bond donors (Lipinski definition) is 1. The molecular formula is C22H22FN3O3S. The maximum atomic E-state index is 13.3. The van der Waals surface area contributed by atoms with Crippen molar-refractivity contribution in [2.75, 3.05) is 6.26 Å². The maximum absolute atomic E-state index is 13.3. The number of rotatable bonds is 5. The molecule has 1 amide bonds. The molecule has 1 unspecified atom stereocenters. The van der Waals surface area contributed by atoms with Crippen molar-refractivity contribution in [2.45, 2.75) is 37.1 Å². The number of hydrogen-bond acceptors (Lipinski definition) is 4. The summed E-state index contributed by atoms with van der Waals surface area (Å²) in [5.41, 5.74) is 3.81. The van der Waals surface area contributed by atoms with Gasteiger partial charge in [-0.25, -0.2) is 17.5 Å². The Labute approximate surface area is 174 Å². The zero-order valence-corrected chi connectivity index (χ0v) is 17.5. The summed E-state index contributed by atoms with van der Waals surface area (Å²) >= 11 is 0. The lowest BCUT2D eigenvalue weighted by molar-refractivity contribution is 0.0933. The van der Waals surface area contributed by atoms with Crippen LogP contribution in [0.25, 0.3) is 5.69 Å². The quantitative estimate of drug-likeness (QED) is 0.677. The van der Waals surface area contributed by atoms with Crippen molar-refractivity contribution < 1.29 is 17.6 Å². The molecule has 1 aliphatic rings. The Balaban J connectivity index is 1.58. The van der Waals surface area contributed by atoms with E-state index in [0.717, 1.165) is 48.0 Å². The second-order valence-electron chi connectivity index (χ2n) is 7.55. The van der Waals surface area contributed by atoms with Crippen molar-refractivity contribution in [1.82, 2.24) is 15.1 Å². The highest BCUT2D eigenvalue weighted by atomic mass is 32.2. The number of fused-ring (bicyclic) bond motifs is 1. The van der Waals surface area contributed by atoms with E-state index in [4.69, 9.17) is 0 Å². The van der Waals surface area contributed by atoms with Crippen molar-refractivity contribution >= 4 is 15.7 Å². The summed E-state index contributed by atoms with van der Waals surface area (Å²) in [6.07, 6.45) is 3.69. The van der Waals surface area contributed by atoms with E-state index in [0.29, 0.717) is 5.69 Å². The predicted molar refractivity (Wildman–Crippen MR) is 111 cm³/mol. The zero-order valence-electron chi connectivity index (χ0n) is 16.7. The SMILES string of the molecule is CC(NC(=O)c1nn(-c2ccc(F)cc2)c2c1CCC2)c1ccc(S(C)(=O)=O)cc1. The average Bonchev–Trinajstić information content (AvgIpc) is 3.31. The third-order valence-electron chi connectivity index (χ3n) is 5.37. The molecule has 6 nitrogen and oxygen atoms in total. The molecule has 1 aromatic heterocycles. The molecule has 8 heteroatoms. The lowest BCUT2D eigenvalue weighted by atomic mass is 10.1. The van der Waals surface area contributed by atoms with Crippen LogP contribution in [0.1, 0.15) is 46.7 Å². The number of nitrogens with one attached hydrogen (secondary N) is 1. The molecule has 0 saturated carbocycles. The Hall–Kier alpha value is -3.00. The molecule has 0 radical (unpaired) electrons. The monoisotopic (exact) mass is 427 g/mol. The number of carbonyl (C=O) groups excluding carboxylic acids is 1. The predicted octanol–water partition coefficient (Wildman–Crippen LogP) is 3.39. The first-order valence-corrected chi connectivity index (χ1v) is 11.6. The molecule has 1 N–H and O–H groups in total. The van der Waals surface area contributed by atoms with Gasteiger partial charge in [-0.2, -0.15) is 5.10 Å². The molecule has 0 saturated heterocycles. The summed E-state index contributed by atoms with van der Waals surface area (Å²) in [7, 11) is -3.27. The summed E-state index contributed by atoms with van der Waals surface area (Å²) in [4.78, 5) is 13.2. The van der Waals surface area contributed by atoms with Crippen molar-refractivity contribution in [3.05, 3.63) is 76.9 Å². The van der Waals surface area contributed by atoms with Gasteiger partial charge in [0.25, 0.3) is 5.91 Å². The Morgan fingerprint density at radius 2 is 1.77 bits per heavy atom. The molecule has 0 fully saturated rings. The molecule has 4 rings (SSSR count). The number of benzene rings is 2. The molecule has 3 aromatic rings. The topological polar surface area (TPSA) is 81.1 Å². The second kappa shape index (κ2) is 7.68. The largest absolute Gasteiger partial charge is 0.344 e. The fourth-order valence-corrected chi connectivity index (χ4v) is 4.40. The average molecular weight is 428 g/mol.